The van der Waals surface area contributed by atoms with E-state index < -0.39 is 0 Å². The van der Waals surface area contributed by atoms with E-state index in [2.05, 4.69) is 21.5 Å². The second kappa shape index (κ2) is 8.67. The van der Waals surface area contributed by atoms with Gasteiger partial charge >= 0.3 is 0 Å². The minimum absolute atomic E-state index is 0.140. The number of carbonyl (C=O) groups is 1. The highest BCUT2D eigenvalue weighted by Crippen LogP contribution is 2.15. The Hall–Kier alpha value is -2.89. The lowest BCUT2D eigenvalue weighted by molar-refractivity contribution is -0.124. The van der Waals surface area contributed by atoms with E-state index in [4.69, 9.17) is 5.73 Å². The predicted molar refractivity (Wildman–Crippen MR) is 98.5 cm³/mol. The van der Waals surface area contributed by atoms with Gasteiger partial charge in [-0.25, -0.2) is 9.98 Å². The number of amides is 1. The van der Waals surface area contributed by atoms with Gasteiger partial charge in [-0.1, -0.05) is 18.7 Å². The number of aryl methyl sites for hydroxylation is 1. The van der Waals surface area contributed by atoms with Crippen LogP contribution in [0.1, 0.15) is 25.4 Å². The van der Waals surface area contributed by atoms with Gasteiger partial charge < -0.3 is 15.6 Å². The molecule has 1 aromatic heterocycles. The molecule has 0 atom stereocenters. The van der Waals surface area contributed by atoms with Gasteiger partial charge in [-0.3, -0.25) is 4.79 Å². The molecule has 0 radical (unpaired) electrons. The zero-order valence-electron chi connectivity index (χ0n) is 14.9. The number of aromatic nitrogens is 2. The van der Waals surface area contributed by atoms with Crippen molar-refractivity contribution < 1.29 is 4.79 Å². The number of hydrogen-bond acceptors (Lipinski definition) is 3. The van der Waals surface area contributed by atoms with Crippen LogP contribution in [0.15, 0.2) is 58.9 Å². The second-order valence-electron chi connectivity index (χ2n) is 5.57. The van der Waals surface area contributed by atoms with Crippen molar-refractivity contribution in [2.45, 2.75) is 20.8 Å². The summed E-state index contributed by atoms with van der Waals surface area (Å²) in [6.07, 6.45) is 8.85. The molecule has 24 heavy (non-hydrogen) atoms. The molecule has 3 N–H and O–H groups in total. The van der Waals surface area contributed by atoms with Crippen LogP contribution in [0.5, 0.6) is 0 Å². The lowest BCUT2D eigenvalue weighted by Crippen LogP contribution is -2.22. The molecule has 0 bridgehead atoms. The number of imidazole rings is 1. The van der Waals surface area contributed by atoms with Crippen molar-refractivity contribution in [3.63, 3.8) is 0 Å². The van der Waals surface area contributed by atoms with Gasteiger partial charge in [0.2, 0.25) is 0 Å². The first-order valence-electron chi connectivity index (χ1n) is 7.53. The van der Waals surface area contributed by atoms with Crippen LogP contribution in [0.3, 0.4) is 0 Å². The van der Waals surface area contributed by atoms with E-state index in [1.54, 1.807) is 32.6 Å². The normalized spacial score (nSPS) is 13.5. The molecule has 0 fully saturated rings. The number of allylic oxidation sites excluding steroid dienone is 4. The van der Waals surface area contributed by atoms with Crippen molar-refractivity contribution in [2.75, 3.05) is 14.1 Å². The molecule has 6 nitrogen and oxygen atoms in total. The van der Waals surface area contributed by atoms with Gasteiger partial charge in [-0.15, -0.1) is 0 Å². The van der Waals surface area contributed by atoms with Gasteiger partial charge in [0.25, 0.3) is 5.91 Å². The fourth-order valence-corrected chi connectivity index (χ4v) is 1.85. The number of likely N-dealkylation sites (N-methyl/N-ethyl adjacent to an activating group) is 1. The lowest BCUT2D eigenvalue weighted by atomic mass is 10.0. The highest BCUT2D eigenvalue weighted by Gasteiger charge is 2.08. The molecule has 1 rings (SSSR count). The summed E-state index contributed by atoms with van der Waals surface area (Å²) >= 11 is 0. The third kappa shape index (κ3) is 5.39. The van der Waals surface area contributed by atoms with Crippen LogP contribution in [0.2, 0.25) is 0 Å². The molecule has 0 unspecified atom stereocenters. The van der Waals surface area contributed by atoms with Crippen LogP contribution in [0, 0.1) is 6.92 Å². The Labute approximate surface area is 143 Å². The van der Waals surface area contributed by atoms with Crippen molar-refractivity contribution >= 4 is 11.7 Å². The van der Waals surface area contributed by atoms with Crippen LogP contribution in [0.25, 0.3) is 0 Å². The summed E-state index contributed by atoms with van der Waals surface area (Å²) in [5.41, 5.74) is 8.92. The Bertz CT molecular complexity index is 732. The summed E-state index contributed by atoms with van der Waals surface area (Å²) in [7, 11) is 3.38. The summed E-state index contributed by atoms with van der Waals surface area (Å²) in [5.74, 6) is 0.685. The molecular formula is C18H25N5O. The van der Waals surface area contributed by atoms with Crippen molar-refractivity contribution in [3.8, 4) is 0 Å². The number of carbonyl (C=O) groups excluding carboxylic acids is 1. The van der Waals surface area contributed by atoms with E-state index in [9.17, 15) is 4.79 Å². The lowest BCUT2D eigenvalue weighted by Gasteiger charge is -2.11. The molecule has 1 amide bonds. The number of rotatable bonds is 6. The first-order valence-corrected chi connectivity index (χ1v) is 7.53. The summed E-state index contributed by atoms with van der Waals surface area (Å²) in [6.45, 7) is 9.51. The molecule has 0 aliphatic rings. The summed E-state index contributed by atoms with van der Waals surface area (Å²) < 4.78 is 0. The number of aromatic amines is 1. The maximum absolute atomic E-state index is 11.9. The Morgan fingerprint density at radius 3 is 2.62 bits per heavy atom. The third-order valence-corrected chi connectivity index (χ3v) is 3.15. The van der Waals surface area contributed by atoms with E-state index in [1.807, 2.05) is 32.9 Å². The van der Waals surface area contributed by atoms with E-state index in [0.717, 1.165) is 16.8 Å². The number of amidine groups is 1. The molecule has 0 spiro atoms. The Kier molecular flexibility index (Phi) is 6.92. The third-order valence-electron chi connectivity index (χ3n) is 3.15. The second-order valence-corrected chi connectivity index (χ2v) is 5.57. The molecule has 0 saturated heterocycles. The van der Waals surface area contributed by atoms with Gasteiger partial charge in [0.05, 0.1) is 0 Å². The summed E-state index contributed by atoms with van der Waals surface area (Å²) in [5, 5.41) is 0. The maximum atomic E-state index is 11.9. The van der Waals surface area contributed by atoms with Crippen LogP contribution in [-0.4, -0.2) is 40.7 Å². The van der Waals surface area contributed by atoms with Gasteiger partial charge in [-0.05, 0) is 38.0 Å². The summed E-state index contributed by atoms with van der Waals surface area (Å²) in [4.78, 5) is 24.8. The molecule has 1 aromatic rings. The zero-order chi connectivity index (χ0) is 18.3. The van der Waals surface area contributed by atoms with Gasteiger partial charge in [-0.2, -0.15) is 0 Å². The van der Waals surface area contributed by atoms with Gasteiger partial charge in [0.15, 0.2) is 11.7 Å². The van der Waals surface area contributed by atoms with E-state index in [1.165, 1.54) is 4.90 Å². The number of hydrogen-bond donors (Lipinski definition) is 2. The van der Waals surface area contributed by atoms with Crippen LogP contribution in [0.4, 0.5) is 0 Å². The Morgan fingerprint density at radius 2 is 2.12 bits per heavy atom. The molecule has 0 aliphatic heterocycles. The molecule has 0 aliphatic carbocycles. The number of H-pyrrole nitrogens is 1. The van der Waals surface area contributed by atoms with Crippen molar-refractivity contribution in [2.24, 2.45) is 10.7 Å². The highest BCUT2D eigenvalue weighted by atomic mass is 16.2. The minimum Gasteiger partial charge on any atom is -0.381 e. The van der Waals surface area contributed by atoms with Crippen molar-refractivity contribution in [1.29, 1.82) is 0 Å². The average Bonchev–Trinajstić information content (AvgIpc) is 2.97. The van der Waals surface area contributed by atoms with Crippen LogP contribution < -0.4 is 5.73 Å². The Balaban J connectivity index is 3.07. The maximum Gasteiger partial charge on any atom is 0.252 e. The number of nitrogens with zero attached hydrogens (tertiary/aromatic N) is 3. The van der Waals surface area contributed by atoms with E-state index in [-0.39, 0.29) is 5.91 Å². The monoisotopic (exact) mass is 327 g/mol. The predicted octanol–water partition coefficient (Wildman–Crippen LogP) is 2.47. The van der Waals surface area contributed by atoms with Gasteiger partial charge in [0, 0.05) is 37.8 Å². The topological polar surface area (TPSA) is 87.4 Å². The molecule has 1 heterocycles. The molecule has 6 heteroatoms. The average molecular weight is 327 g/mol. The number of nitrogens with one attached hydrogen (secondary N) is 1. The Morgan fingerprint density at radius 1 is 1.46 bits per heavy atom. The molecule has 128 valence electrons. The molecule has 0 aromatic carbocycles. The zero-order valence-corrected chi connectivity index (χ0v) is 14.9. The standard InChI is InChI=1S/C18H25N5O/c1-7-8-15(9-12(2)18(24)23(5)6)13(3)10-20-16(19)17-21-11-14(4)22-17/h7-11H,2H2,1,3-6H3,(H2,19,20)(H,21,22)/b8-7-,13-10+,15-9+. The first-order chi connectivity index (χ1) is 11.3. The molecule has 0 saturated carbocycles. The number of nitrogens with two attached hydrogens (primary N) is 1. The number of aliphatic imine (C=N–C) groups is 1. The van der Waals surface area contributed by atoms with E-state index in [0.29, 0.717) is 17.2 Å². The highest BCUT2D eigenvalue weighted by molar-refractivity contribution is 5.96. The molecular weight excluding hydrogens is 302 g/mol. The SMILES string of the molecule is C=C(/C=C(\C=C/C)C(/C)=C/N=C(N)c1ncc(C)[nH]1)C(=O)N(C)C. The fraction of sp³-hybridized carbons (Fsp3) is 0.278. The quantitative estimate of drug-likeness (QED) is 0.364. The van der Waals surface area contributed by atoms with Gasteiger partial charge in [0.1, 0.15) is 0 Å². The smallest absolute Gasteiger partial charge is 0.252 e. The van der Waals surface area contributed by atoms with Crippen molar-refractivity contribution in [3.05, 3.63) is 65.4 Å². The van der Waals surface area contributed by atoms with Crippen LogP contribution in [-0.2, 0) is 4.79 Å². The first kappa shape index (κ1) is 19.2. The minimum atomic E-state index is -0.140. The fourth-order valence-electron chi connectivity index (χ4n) is 1.85. The van der Waals surface area contributed by atoms with Crippen LogP contribution >= 0.6 is 0 Å². The summed E-state index contributed by atoms with van der Waals surface area (Å²) in [6, 6.07) is 0. The largest absolute Gasteiger partial charge is 0.381 e. The van der Waals surface area contributed by atoms with E-state index >= 15 is 0 Å². The van der Waals surface area contributed by atoms with Crippen molar-refractivity contribution in [1.82, 2.24) is 14.9 Å².